The third-order valence-corrected chi connectivity index (χ3v) is 3.50. The number of aromatic nitrogens is 2. The van der Waals surface area contributed by atoms with E-state index in [0.717, 1.165) is 29.7 Å². The van der Waals surface area contributed by atoms with Crippen LogP contribution in [-0.4, -0.2) is 9.97 Å². The summed E-state index contributed by atoms with van der Waals surface area (Å²) in [7, 11) is 0. The molecule has 96 valence electrons. The minimum Gasteiger partial charge on any atom is -0.342 e. The average Bonchev–Trinajstić information content (AvgIpc) is 2.79. The minimum atomic E-state index is 0.970. The van der Waals surface area contributed by atoms with Crippen LogP contribution in [0, 0.1) is 6.92 Å². The number of hydrogen-bond donors (Lipinski definition) is 1. The van der Waals surface area contributed by atoms with Gasteiger partial charge in [0.1, 0.15) is 5.82 Å². The van der Waals surface area contributed by atoms with E-state index in [2.05, 4.69) is 59.4 Å². The van der Waals surface area contributed by atoms with Crippen LogP contribution in [-0.2, 0) is 12.8 Å². The van der Waals surface area contributed by atoms with Crippen LogP contribution in [0.2, 0.25) is 0 Å². The molecule has 3 aromatic rings. The Balaban J connectivity index is 1.87. The quantitative estimate of drug-likeness (QED) is 0.747. The van der Waals surface area contributed by atoms with Gasteiger partial charge in [0, 0.05) is 0 Å². The van der Waals surface area contributed by atoms with Crippen molar-refractivity contribution in [1.29, 1.82) is 0 Å². The Labute approximate surface area is 113 Å². The first-order valence-electron chi connectivity index (χ1n) is 6.77. The summed E-state index contributed by atoms with van der Waals surface area (Å²) in [5.41, 5.74) is 6.24. The molecule has 1 aromatic heterocycles. The Morgan fingerprint density at radius 2 is 1.63 bits per heavy atom. The van der Waals surface area contributed by atoms with E-state index in [1.807, 2.05) is 6.92 Å². The summed E-state index contributed by atoms with van der Waals surface area (Å²) >= 11 is 0. The molecule has 0 saturated heterocycles. The van der Waals surface area contributed by atoms with Crippen molar-refractivity contribution in [3.05, 3.63) is 65.0 Å². The topological polar surface area (TPSA) is 28.7 Å². The highest BCUT2D eigenvalue weighted by molar-refractivity contribution is 5.75. The zero-order chi connectivity index (χ0) is 13.2. The molecule has 2 nitrogen and oxygen atoms in total. The number of aromatic amines is 1. The van der Waals surface area contributed by atoms with Crippen LogP contribution >= 0.6 is 0 Å². The van der Waals surface area contributed by atoms with Crippen LogP contribution in [0.4, 0.5) is 0 Å². The number of H-pyrrole nitrogens is 1. The molecule has 0 radical (unpaired) electrons. The maximum Gasteiger partial charge on any atom is 0.104 e. The van der Waals surface area contributed by atoms with E-state index < -0.39 is 0 Å². The van der Waals surface area contributed by atoms with Crippen molar-refractivity contribution in [2.45, 2.75) is 26.7 Å². The van der Waals surface area contributed by atoms with Crippen molar-refractivity contribution < 1.29 is 0 Å². The van der Waals surface area contributed by atoms with E-state index in [4.69, 9.17) is 0 Å². The van der Waals surface area contributed by atoms with Gasteiger partial charge in [-0.2, -0.15) is 0 Å². The zero-order valence-corrected chi connectivity index (χ0v) is 11.4. The SMILES string of the molecule is CCc1ccc(Cc2ccc3nc(C)[nH]c3c2)cc1. The van der Waals surface area contributed by atoms with Gasteiger partial charge in [-0.1, -0.05) is 37.3 Å². The van der Waals surface area contributed by atoms with Gasteiger partial charge in [-0.05, 0) is 48.6 Å². The first-order chi connectivity index (χ1) is 9.24. The molecule has 0 fully saturated rings. The van der Waals surface area contributed by atoms with Crippen molar-refractivity contribution in [1.82, 2.24) is 9.97 Å². The van der Waals surface area contributed by atoms with E-state index in [1.54, 1.807) is 0 Å². The second kappa shape index (κ2) is 4.88. The van der Waals surface area contributed by atoms with Gasteiger partial charge in [0.2, 0.25) is 0 Å². The van der Waals surface area contributed by atoms with Gasteiger partial charge in [-0.25, -0.2) is 4.98 Å². The van der Waals surface area contributed by atoms with Crippen molar-refractivity contribution in [2.24, 2.45) is 0 Å². The smallest absolute Gasteiger partial charge is 0.104 e. The third kappa shape index (κ3) is 2.53. The molecule has 0 spiro atoms. The molecule has 3 rings (SSSR count). The summed E-state index contributed by atoms with van der Waals surface area (Å²) in [6.07, 6.45) is 2.07. The lowest BCUT2D eigenvalue weighted by Gasteiger charge is -2.03. The number of hydrogen-bond acceptors (Lipinski definition) is 1. The highest BCUT2D eigenvalue weighted by Crippen LogP contribution is 2.17. The molecule has 0 amide bonds. The molecular weight excluding hydrogens is 232 g/mol. The van der Waals surface area contributed by atoms with Crippen LogP contribution in [0.15, 0.2) is 42.5 Å². The Hall–Kier alpha value is -2.09. The predicted octanol–water partition coefficient (Wildman–Crippen LogP) is 4.02. The molecular formula is C17H18N2. The molecule has 0 aliphatic heterocycles. The fourth-order valence-corrected chi connectivity index (χ4v) is 2.42. The first kappa shape index (κ1) is 12.0. The van der Waals surface area contributed by atoms with Crippen molar-refractivity contribution in [3.63, 3.8) is 0 Å². The summed E-state index contributed by atoms with van der Waals surface area (Å²) in [5.74, 6) is 0.972. The van der Waals surface area contributed by atoms with E-state index in [-0.39, 0.29) is 0 Å². The fraction of sp³-hybridized carbons (Fsp3) is 0.235. The van der Waals surface area contributed by atoms with Crippen molar-refractivity contribution in [3.8, 4) is 0 Å². The summed E-state index contributed by atoms with van der Waals surface area (Å²) in [4.78, 5) is 7.72. The molecule has 0 atom stereocenters. The van der Waals surface area contributed by atoms with Gasteiger partial charge in [0.15, 0.2) is 0 Å². The lowest BCUT2D eigenvalue weighted by atomic mass is 10.0. The van der Waals surface area contributed by atoms with Crippen LogP contribution < -0.4 is 0 Å². The summed E-state index contributed by atoms with van der Waals surface area (Å²) in [5, 5.41) is 0. The second-order valence-electron chi connectivity index (χ2n) is 5.02. The van der Waals surface area contributed by atoms with Gasteiger partial charge in [0.05, 0.1) is 11.0 Å². The molecule has 1 N–H and O–H groups in total. The van der Waals surface area contributed by atoms with Gasteiger partial charge >= 0.3 is 0 Å². The van der Waals surface area contributed by atoms with E-state index >= 15 is 0 Å². The average molecular weight is 250 g/mol. The van der Waals surface area contributed by atoms with Crippen LogP contribution in [0.5, 0.6) is 0 Å². The molecule has 2 heteroatoms. The molecule has 0 unspecified atom stereocenters. The van der Waals surface area contributed by atoms with Gasteiger partial charge in [0.25, 0.3) is 0 Å². The number of fused-ring (bicyclic) bond motifs is 1. The second-order valence-corrected chi connectivity index (χ2v) is 5.02. The number of rotatable bonds is 3. The number of nitrogens with zero attached hydrogens (tertiary/aromatic N) is 1. The highest BCUT2D eigenvalue weighted by Gasteiger charge is 2.02. The maximum absolute atomic E-state index is 4.43. The van der Waals surface area contributed by atoms with E-state index in [9.17, 15) is 0 Å². The molecule has 2 aromatic carbocycles. The molecule has 0 aliphatic rings. The van der Waals surface area contributed by atoms with Crippen LogP contribution in [0.25, 0.3) is 11.0 Å². The lowest BCUT2D eigenvalue weighted by molar-refractivity contribution is 1.12. The molecule has 1 heterocycles. The Morgan fingerprint density at radius 3 is 2.37 bits per heavy atom. The van der Waals surface area contributed by atoms with Crippen LogP contribution in [0.1, 0.15) is 29.4 Å². The maximum atomic E-state index is 4.43. The molecule has 0 aliphatic carbocycles. The number of benzene rings is 2. The normalized spacial score (nSPS) is 11.1. The van der Waals surface area contributed by atoms with Gasteiger partial charge < -0.3 is 4.98 Å². The monoisotopic (exact) mass is 250 g/mol. The largest absolute Gasteiger partial charge is 0.342 e. The zero-order valence-electron chi connectivity index (χ0n) is 11.4. The van der Waals surface area contributed by atoms with Gasteiger partial charge in [-0.3, -0.25) is 0 Å². The molecule has 0 saturated carbocycles. The van der Waals surface area contributed by atoms with Gasteiger partial charge in [-0.15, -0.1) is 0 Å². The van der Waals surface area contributed by atoms with Crippen molar-refractivity contribution >= 4 is 11.0 Å². The predicted molar refractivity (Wildman–Crippen MR) is 79.5 cm³/mol. The Morgan fingerprint density at radius 1 is 0.947 bits per heavy atom. The highest BCUT2D eigenvalue weighted by atomic mass is 14.9. The van der Waals surface area contributed by atoms with Crippen molar-refractivity contribution in [2.75, 3.05) is 0 Å². The standard InChI is InChI=1S/C17H18N2/c1-3-13-4-6-14(7-5-13)10-15-8-9-16-17(11-15)19-12(2)18-16/h4-9,11H,3,10H2,1-2H3,(H,18,19). The molecule has 0 bridgehead atoms. The lowest BCUT2D eigenvalue weighted by Crippen LogP contribution is -1.89. The van der Waals surface area contributed by atoms with Crippen LogP contribution in [0.3, 0.4) is 0 Å². The third-order valence-electron chi connectivity index (χ3n) is 3.50. The minimum absolute atomic E-state index is 0.970. The molecule has 19 heavy (non-hydrogen) atoms. The van der Waals surface area contributed by atoms with E-state index in [1.165, 1.54) is 16.7 Å². The first-order valence-corrected chi connectivity index (χ1v) is 6.77. The number of imidazole rings is 1. The number of nitrogens with one attached hydrogen (secondary N) is 1. The fourth-order valence-electron chi connectivity index (χ4n) is 2.42. The summed E-state index contributed by atoms with van der Waals surface area (Å²) in [6.45, 7) is 4.17. The Kier molecular flexibility index (Phi) is 3.08. The summed E-state index contributed by atoms with van der Waals surface area (Å²) in [6, 6.07) is 15.3. The Bertz CT molecular complexity index is 693. The van der Waals surface area contributed by atoms with E-state index in [0.29, 0.717) is 0 Å². The number of aryl methyl sites for hydroxylation is 2. The summed E-state index contributed by atoms with van der Waals surface area (Å²) < 4.78 is 0.